The first kappa shape index (κ1) is 17.6. The summed E-state index contributed by atoms with van der Waals surface area (Å²) in [5.41, 5.74) is 0.205. The largest absolute Gasteiger partial charge is 0.373 e. The lowest BCUT2D eigenvalue weighted by Crippen LogP contribution is -2.58. The third kappa shape index (κ3) is 4.16. The maximum Gasteiger partial charge on any atom is 0.267 e. The number of aromatic amines is 1. The summed E-state index contributed by atoms with van der Waals surface area (Å²) in [6.07, 6.45) is 0.388. The molecule has 1 aromatic rings. The Morgan fingerprint density at radius 2 is 2.00 bits per heavy atom. The molecule has 0 bridgehead atoms. The Hall–Kier alpha value is -0.750. The zero-order valence-corrected chi connectivity index (χ0v) is 14.9. The van der Waals surface area contributed by atoms with Crippen molar-refractivity contribution < 1.29 is 9.53 Å². The highest BCUT2D eigenvalue weighted by Gasteiger charge is 2.33. The van der Waals surface area contributed by atoms with Gasteiger partial charge in [0, 0.05) is 25.2 Å². The highest BCUT2D eigenvalue weighted by Crippen LogP contribution is 2.23. The van der Waals surface area contributed by atoms with Crippen molar-refractivity contribution in [3.63, 3.8) is 0 Å². The van der Waals surface area contributed by atoms with Crippen LogP contribution >= 0.6 is 23.2 Å². The zero-order chi connectivity index (χ0) is 16.5. The molecular formula is C15H23Cl2N3O2. The van der Waals surface area contributed by atoms with Crippen LogP contribution in [-0.4, -0.2) is 53.2 Å². The molecule has 22 heavy (non-hydrogen) atoms. The number of nitrogens with one attached hydrogen (secondary N) is 2. The van der Waals surface area contributed by atoms with Crippen molar-refractivity contribution in [2.24, 2.45) is 0 Å². The van der Waals surface area contributed by atoms with Gasteiger partial charge < -0.3 is 15.0 Å². The second-order valence-electron chi connectivity index (χ2n) is 6.50. The van der Waals surface area contributed by atoms with Crippen molar-refractivity contribution in [2.45, 2.75) is 45.4 Å². The van der Waals surface area contributed by atoms with Gasteiger partial charge in [-0.05, 0) is 33.8 Å². The maximum atomic E-state index is 12.2. The van der Waals surface area contributed by atoms with Crippen molar-refractivity contribution in [1.82, 2.24) is 15.2 Å². The molecule has 1 amide bonds. The Morgan fingerprint density at radius 1 is 1.41 bits per heavy atom. The number of ether oxygens (including phenoxy) is 1. The van der Waals surface area contributed by atoms with Gasteiger partial charge in [0.15, 0.2) is 0 Å². The standard InChI is InChI=1S/C15H23Cl2N3O2/c1-9-6-20(7-10(2)22-9)15(3,4)8-18-14(21)12-5-11(16)13(17)19-12/h5,9-10,19H,6-8H2,1-4H3,(H,18,21). The van der Waals surface area contributed by atoms with Crippen molar-refractivity contribution in [3.8, 4) is 0 Å². The molecule has 5 nitrogen and oxygen atoms in total. The second-order valence-corrected chi connectivity index (χ2v) is 7.29. The lowest BCUT2D eigenvalue weighted by molar-refractivity contribution is -0.0948. The molecule has 0 radical (unpaired) electrons. The Balaban J connectivity index is 1.95. The number of morpholine rings is 1. The van der Waals surface area contributed by atoms with Gasteiger partial charge in [-0.25, -0.2) is 0 Å². The number of rotatable bonds is 4. The van der Waals surface area contributed by atoms with Gasteiger partial charge in [-0.15, -0.1) is 0 Å². The van der Waals surface area contributed by atoms with E-state index in [0.29, 0.717) is 17.3 Å². The molecule has 1 aliphatic rings. The number of amides is 1. The van der Waals surface area contributed by atoms with Gasteiger partial charge in [-0.2, -0.15) is 0 Å². The molecule has 2 heterocycles. The molecule has 2 atom stereocenters. The van der Waals surface area contributed by atoms with Crippen LogP contribution in [0, 0.1) is 0 Å². The first-order valence-corrected chi connectivity index (χ1v) is 8.17. The molecule has 0 aliphatic carbocycles. The molecule has 0 saturated carbocycles. The number of aromatic nitrogens is 1. The molecular weight excluding hydrogens is 325 g/mol. The van der Waals surface area contributed by atoms with E-state index >= 15 is 0 Å². The fourth-order valence-corrected chi connectivity index (χ4v) is 3.01. The van der Waals surface area contributed by atoms with Gasteiger partial charge in [-0.3, -0.25) is 9.69 Å². The predicted octanol–water partition coefficient (Wildman–Crippen LogP) is 2.94. The number of H-pyrrole nitrogens is 1. The minimum Gasteiger partial charge on any atom is -0.373 e. The van der Waals surface area contributed by atoms with Crippen LogP contribution in [0.4, 0.5) is 0 Å². The van der Waals surface area contributed by atoms with Gasteiger partial charge >= 0.3 is 0 Å². The van der Waals surface area contributed by atoms with Crippen molar-refractivity contribution >= 4 is 29.1 Å². The van der Waals surface area contributed by atoms with Crippen LogP contribution < -0.4 is 5.32 Å². The molecule has 1 saturated heterocycles. The van der Waals surface area contributed by atoms with Crippen LogP contribution in [0.2, 0.25) is 10.2 Å². The quantitative estimate of drug-likeness (QED) is 0.880. The minimum absolute atomic E-state index is 0.165. The number of hydrogen-bond acceptors (Lipinski definition) is 3. The Labute approximate surface area is 141 Å². The highest BCUT2D eigenvalue weighted by atomic mass is 35.5. The lowest BCUT2D eigenvalue weighted by atomic mass is 10.00. The van der Waals surface area contributed by atoms with E-state index in [4.69, 9.17) is 27.9 Å². The van der Waals surface area contributed by atoms with Gasteiger partial charge in [0.2, 0.25) is 0 Å². The summed E-state index contributed by atoms with van der Waals surface area (Å²) in [5.74, 6) is -0.212. The summed E-state index contributed by atoms with van der Waals surface area (Å²) in [6.45, 7) is 10.6. The number of carbonyl (C=O) groups excluding carboxylic acids is 1. The van der Waals surface area contributed by atoms with E-state index < -0.39 is 0 Å². The molecule has 0 aromatic carbocycles. The van der Waals surface area contributed by atoms with Gasteiger partial charge in [0.05, 0.1) is 17.2 Å². The lowest BCUT2D eigenvalue weighted by Gasteiger charge is -2.45. The normalized spacial score (nSPS) is 23.5. The van der Waals surface area contributed by atoms with Crippen LogP contribution in [0.5, 0.6) is 0 Å². The Bertz CT molecular complexity index is 515. The van der Waals surface area contributed by atoms with Crippen LogP contribution in [-0.2, 0) is 4.74 Å². The Kier molecular flexibility index (Phi) is 5.43. The van der Waals surface area contributed by atoms with E-state index in [9.17, 15) is 4.79 Å². The number of halogens is 2. The topological polar surface area (TPSA) is 57.4 Å². The van der Waals surface area contributed by atoms with Crippen LogP contribution in [0.3, 0.4) is 0 Å². The predicted molar refractivity (Wildman–Crippen MR) is 88.8 cm³/mol. The SMILES string of the molecule is CC1CN(C(C)(C)CNC(=O)c2cc(Cl)c(Cl)[nH]2)CC(C)O1. The molecule has 2 unspecified atom stereocenters. The summed E-state index contributed by atoms with van der Waals surface area (Å²) in [4.78, 5) is 17.3. The second kappa shape index (κ2) is 6.79. The maximum absolute atomic E-state index is 12.2. The van der Waals surface area contributed by atoms with Crippen LogP contribution in [0.1, 0.15) is 38.2 Å². The summed E-state index contributed by atoms with van der Waals surface area (Å²) >= 11 is 11.7. The Morgan fingerprint density at radius 3 is 2.50 bits per heavy atom. The van der Waals surface area contributed by atoms with E-state index in [-0.39, 0.29) is 28.8 Å². The van der Waals surface area contributed by atoms with Crippen LogP contribution in [0.25, 0.3) is 0 Å². The van der Waals surface area contributed by atoms with E-state index in [1.54, 1.807) is 0 Å². The zero-order valence-electron chi connectivity index (χ0n) is 13.4. The van der Waals surface area contributed by atoms with E-state index in [1.165, 1.54) is 6.07 Å². The number of nitrogens with zero attached hydrogens (tertiary/aromatic N) is 1. The van der Waals surface area contributed by atoms with E-state index in [2.05, 4.69) is 42.9 Å². The summed E-state index contributed by atoms with van der Waals surface area (Å²) in [6, 6.07) is 1.53. The molecule has 1 aromatic heterocycles. The third-order valence-electron chi connectivity index (χ3n) is 3.93. The average molecular weight is 348 g/mol. The molecule has 1 fully saturated rings. The third-order valence-corrected chi connectivity index (χ3v) is 4.62. The van der Waals surface area contributed by atoms with Crippen LogP contribution in [0.15, 0.2) is 6.07 Å². The average Bonchev–Trinajstić information content (AvgIpc) is 2.75. The highest BCUT2D eigenvalue weighted by molar-refractivity contribution is 6.41. The monoisotopic (exact) mass is 347 g/mol. The van der Waals surface area contributed by atoms with Crippen molar-refractivity contribution in [1.29, 1.82) is 0 Å². The van der Waals surface area contributed by atoms with E-state index in [0.717, 1.165) is 13.1 Å². The fourth-order valence-electron chi connectivity index (χ4n) is 2.70. The van der Waals surface area contributed by atoms with Gasteiger partial charge in [-0.1, -0.05) is 23.2 Å². The van der Waals surface area contributed by atoms with Crippen molar-refractivity contribution in [2.75, 3.05) is 19.6 Å². The molecule has 7 heteroatoms. The van der Waals surface area contributed by atoms with E-state index in [1.807, 2.05) is 0 Å². The molecule has 2 N–H and O–H groups in total. The van der Waals surface area contributed by atoms with Gasteiger partial charge in [0.1, 0.15) is 10.8 Å². The molecule has 124 valence electrons. The smallest absolute Gasteiger partial charge is 0.267 e. The molecule has 1 aliphatic heterocycles. The van der Waals surface area contributed by atoms with Gasteiger partial charge in [0.25, 0.3) is 5.91 Å². The minimum atomic E-state index is -0.212. The first-order valence-electron chi connectivity index (χ1n) is 7.42. The molecule has 0 spiro atoms. The summed E-state index contributed by atoms with van der Waals surface area (Å²) in [7, 11) is 0. The summed E-state index contributed by atoms with van der Waals surface area (Å²) < 4.78 is 5.76. The number of hydrogen-bond donors (Lipinski definition) is 2. The molecule has 2 rings (SSSR count). The fraction of sp³-hybridized carbons (Fsp3) is 0.667. The first-order chi connectivity index (χ1) is 10.2. The number of carbonyl (C=O) groups is 1. The summed E-state index contributed by atoms with van der Waals surface area (Å²) in [5, 5.41) is 3.57. The van der Waals surface area contributed by atoms with Crippen molar-refractivity contribution in [3.05, 3.63) is 21.9 Å².